The molecule has 0 aliphatic rings. The number of carbonyl (C=O) groups is 3. The molecule has 338 valence electrons. The Morgan fingerprint density at radius 3 is 1.47 bits per heavy atom. The van der Waals surface area contributed by atoms with Gasteiger partial charge in [0.1, 0.15) is 6.61 Å². The fourth-order valence-electron chi connectivity index (χ4n) is 6.47. The van der Waals surface area contributed by atoms with Crippen LogP contribution in [0.15, 0.2) is 72.9 Å². The van der Waals surface area contributed by atoms with E-state index in [1.54, 1.807) is 0 Å². The molecular weight excluding hydrogens is 739 g/mol. The maximum atomic E-state index is 12.8. The Bertz CT molecular complexity index is 1190. The van der Waals surface area contributed by atoms with E-state index in [4.69, 9.17) is 14.2 Å². The molecule has 0 spiro atoms. The van der Waals surface area contributed by atoms with Gasteiger partial charge in [0.15, 0.2) is 12.1 Å². The molecule has 0 amide bonds. The van der Waals surface area contributed by atoms with Crippen molar-refractivity contribution < 1.29 is 38.2 Å². The maximum Gasteiger partial charge on any atom is 0.362 e. The summed E-state index contributed by atoms with van der Waals surface area (Å²) in [5.74, 6) is -1.56. The number of hydrogen-bond donors (Lipinski definition) is 1. The standard InChI is InChI=1S/C51H87NO7/c1-6-8-10-12-14-16-18-20-22-24-26-28-30-32-34-36-38-40-42-50(54)59-47(45-57-44-43-48(51(55)56)52(3,4)5)46-58-49(53)41-39-37-35-33-31-29-27-25-23-21-19-17-15-13-11-9-7-2/h9,11,15,17,21,23,26-29,33,35,47-48H,6-8,10,12-14,16,18-20,22,24-25,30-32,34,36-46H2,1-5H3/p+1/b11-9+,17-15+,23-21+,28-26+,29-27+,35-33+. The monoisotopic (exact) mass is 827 g/mol. The molecule has 0 aliphatic carbocycles. The molecule has 2 unspecified atom stereocenters. The van der Waals surface area contributed by atoms with Gasteiger partial charge in [-0.3, -0.25) is 9.59 Å². The van der Waals surface area contributed by atoms with Gasteiger partial charge in [0.05, 0.1) is 34.4 Å². The molecule has 8 nitrogen and oxygen atoms in total. The molecule has 0 rings (SSSR count). The van der Waals surface area contributed by atoms with E-state index >= 15 is 0 Å². The second-order valence-corrected chi connectivity index (χ2v) is 16.6. The van der Waals surface area contributed by atoms with Crippen LogP contribution >= 0.6 is 0 Å². The first kappa shape index (κ1) is 55.8. The Morgan fingerprint density at radius 1 is 0.525 bits per heavy atom. The highest BCUT2D eigenvalue weighted by atomic mass is 16.6. The fourth-order valence-corrected chi connectivity index (χ4v) is 6.47. The molecule has 0 saturated carbocycles. The summed E-state index contributed by atoms with van der Waals surface area (Å²) in [5.41, 5.74) is 0. The van der Waals surface area contributed by atoms with Gasteiger partial charge < -0.3 is 23.8 Å². The number of rotatable bonds is 41. The van der Waals surface area contributed by atoms with E-state index in [1.165, 1.54) is 70.6 Å². The van der Waals surface area contributed by atoms with Crippen LogP contribution in [-0.4, -0.2) is 80.6 Å². The van der Waals surface area contributed by atoms with E-state index in [0.29, 0.717) is 19.3 Å². The van der Waals surface area contributed by atoms with Crippen LogP contribution in [0.2, 0.25) is 0 Å². The third kappa shape index (κ3) is 40.0. The van der Waals surface area contributed by atoms with Gasteiger partial charge in [-0.05, 0) is 77.0 Å². The molecule has 1 N–H and O–H groups in total. The Balaban J connectivity index is 4.42. The number of carbonyl (C=O) groups excluding carboxylic acids is 2. The largest absolute Gasteiger partial charge is 0.477 e. The lowest BCUT2D eigenvalue weighted by atomic mass is 10.1. The van der Waals surface area contributed by atoms with Crippen molar-refractivity contribution in [1.29, 1.82) is 0 Å². The molecule has 0 saturated heterocycles. The van der Waals surface area contributed by atoms with Crippen molar-refractivity contribution in [2.24, 2.45) is 0 Å². The number of aliphatic carboxylic acids is 1. The summed E-state index contributed by atoms with van der Waals surface area (Å²) < 4.78 is 17.2. The summed E-state index contributed by atoms with van der Waals surface area (Å²) in [6.45, 7) is 4.55. The minimum absolute atomic E-state index is 0.0369. The summed E-state index contributed by atoms with van der Waals surface area (Å²) in [5, 5.41) is 9.63. The number of nitrogens with zero attached hydrogens (tertiary/aromatic N) is 1. The van der Waals surface area contributed by atoms with Gasteiger partial charge in [0, 0.05) is 19.3 Å². The van der Waals surface area contributed by atoms with Gasteiger partial charge in [-0.2, -0.15) is 0 Å². The number of allylic oxidation sites excluding steroid dienone is 12. The maximum absolute atomic E-state index is 12.8. The second kappa shape index (κ2) is 41.5. The third-order valence-corrected chi connectivity index (χ3v) is 10.1. The zero-order chi connectivity index (χ0) is 43.5. The number of ether oxygens (including phenoxy) is 3. The lowest BCUT2D eigenvalue weighted by molar-refractivity contribution is -0.887. The lowest BCUT2D eigenvalue weighted by Crippen LogP contribution is -2.50. The Kier molecular flexibility index (Phi) is 39.2. The van der Waals surface area contributed by atoms with Crippen molar-refractivity contribution in [2.75, 3.05) is 41.0 Å². The van der Waals surface area contributed by atoms with Gasteiger partial charge in [-0.25, -0.2) is 4.79 Å². The van der Waals surface area contributed by atoms with Crippen molar-refractivity contribution in [3.8, 4) is 0 Å². The predicted octanol–water partition coefficient (Wildman–Crippen LogP) is 13.1. The minimum atomic E-state index is -0.886. The van der Waals surface area contributed by atoms with Crippen LogP contribution in [0.3, 0.4) is 0 Å². The van der Waals surface area contributed by atoms with Crippen LogP contribution in [0.25, 0.3) is 0 Å². The lowest BCUT2D eigenvalue weighted by Gasteiger charge is -2.31. The molecule has 0 heterocycles. The predicted molar refractivity (Wildman–Crippen MR) is 247 cm³/mol. The van der Waals surface area contributed by atoms with Crippen molar-refractivity contribution in [1.82, 2.24) is 0 Å². The molecule has 59 heavy (non-hydrogen) atoms. The molecule has 0 bridgehead atoms. The van der Waals surface area contributed by atoms with E-state index < -0.39 is 18.1 Å². The highest BCUT2D eigenvalue weighted by Gasteiger charge is 2.31. The Hall–Kier alpha value is -3.23. The minimum Gasteiger partial charge on any atom is -0.477 e. The average Bonchev–Trinajstić information content (AvgIpc) is 3.19. The van der Waals surface area contributed by atoms with Gasteiger partial charge in [0.2, 0.25) is 0 Å². The number of carboxylic acid groups (broad SMARTS) is 1. The van der Waals surface area contributed by atoms with E-state index in [0.717, 1.165) is 70.6 Å². The van der Waals surface area contributed by atoms with Crippen molar-refractivity contribution >= 4 is 17.9 Å². The summed E-state index contributed by atoms with van der Waals surface area (Å²) in [7, 11) is 5.50. The molecule has 8 heteroatoms. The highest BCUT2D eigenvalue weighted by Crippen LogP contribution is 2.13. The topological polar surface area (TPSA) is 99.1 Å². The van der Waals surface area contributed by atoms with E-state index in [-0.39, 0.29) is 42.7 Å². The first-order valence-corrected chi connectivity index (χ1v) is 23.5. The molecule has 0 radical (unpaired) electrons. The summed E-state index contributed by atoms with van der Waals surface area (Å²) in [6, 6.07) is -0.627. The van der Waals surface area contributed by atoms with Crippen LogP contribution in [0.4, 0.5) is 0 Å². The first-order valence-electron chi connectivity index (χ1n) is 23.5. The van der Waals surface area contributed by atoms with E-state index in [1.807, 2.05) is 21.1 Å². The second-order valence-electron chi connectivity index (χ2n) is 16.6. The van der Waals surface area contributed by atoms with Crippen molar-refractivity contribution in [3.05, 3.63) is 72.9 Å². The summed E-state index contributed by atoms with van der Waals surface area (Å²) in [6.07, 6.45) is 52.4. The fraction of sp³-hybridized carbons (Fsp3) is 0.706. The van der Waals surface area contributed by atoms with Crippen molar-refractivity contribution in [3.63, 3.8) is 0 Å². The van der Waals surface area contributed by atoms with Gasteiger partial charge in [0.25, 0.3) is 0 Å². The number of quaternary nitrogens is 1. The Labute approximate surface area is 361 Å². The van der Waals surface area contributed by atoms with Crippen LogP contribution in [0.5, 0.6) is 0 Å². The van der Waals surface area contributed by atoms with Gasteiger partial charge in [-0.15, -0.1) is 0 Å². The smallest absolute Gasteiger partial charge is 0.362 e. The summed E-state index contributed by atoms with van der Waals surface area (Å²) >= 11 is 0. The van der Waals surface area contributed by atoms with Crippen LogP contribution < -0.4 is 0 Å². The molecular formula is C51H88NO7+. The zero-order valence-corrected chi connectivity index (χ0v) is 38.4. The van der Waals surface area contributed by atoms with Gasteiger partial charge in [-0.1, -0.05) is 157 Å². The number of hydrogen-bond acceptors (Lipinski definition) is 6. The summed E-state index contributed by atoms with van der Waals surface area (Å²) in [4.78, 5) is 37.0. The molecule has 0 aromatic carbocycles. The number of carboxylic acids is 1. The molecule has 0 fully saturated rings. The molecule has 2 atom stereocenters. The SMILES string of the molecule is CC/C=C/C/C=C/C/C=C/C/C=C/C/C=C/CCCC(=O)OCC(COCCC(C(=O)O)[N+](C)(C)C)OC(=O)CCCCCCC/C=C/CCCCCCCCCCC. The molecule has 0 aromatic heterocycles. The van der Waals surface area contributed by atoms with Crippen LogP contribution in [0, 0.1) is 0 Å². The van der Waals surface area contributed by atoms with E-state index in [9.17, 15) is 19.5 Å². The quantitative estimate of drug-likeness (QED) is 0.0284. The van der Waals surface area contributed by atoms with E-state index in [2.05, 4.69) is 86.8 Å². The van der Waals surface area contributed by atoms with Crippen LogP contribution in [0.1, 0.15) is 181 Å². The molecule has 0 aromatic rings. The third-order valence-electron chi connectivity index (χ3n) is 10.1. The first-order chi connectivity index (χ1) is 28.6. The van der Waals surface area contributed by atoms with Crippen LogP contribution in [-0.2, 0) is 28.6 Å². The average molecular weight is 827 g/mol. The highest BCUT2D eigenvalue weighted by molar-refractivity contribution is 5.72. The zero-order valence-electron chi connectivity index (χ0n) is 38.4. The molecule has 0 aliphatic heterocycles. The number of likely N-dealkylation sites (N-methyl/N-ethyl adjacent to an activating group) is 1. The number of unbranched alkanes of at least 4 members (excludes halogenated alkanes) is 15. The van der Waals surface area contributed by atoms with Gasteiger partial charge >= 0.3 is 17.9 Å². The normalized spacial score (nSPS) is 13.6. The Morgan fingerprint density at radius 2 is 0.966 bits per heavy atom. The number of esters is 2. The van der Waals surface area contributed by atoms with Crippen molar-refractivity contribution in [2.45, 2.75) is 193 Å².